The van der Waals surface area contributed by atoms with E-state index >= 15 is 0 Å². The zero-order valence-electron chi connectivity index (χ0n) is 9.34. The molecule has 2 heteroatoms. The Balaban J connectivity index is 2.25. The molecule has 0 saturated carbocycles. The molecule has 1 fully saturated rings. The average molecular weight is 184 g/mol. The molecule has 0 aromatic rings. The van der Waals surface area contributed by atoms with Crippen molar-refractivity contribution < 1.29 is 0 Å². The third-order valence-electron chi connectivity index (χ3n) is 3.04. The van der Waals surface area contributed by atoms with E-state index < -0.39 is 0 Å². The summed E-state index contributed by atoms with van der Waals surface area (Å²) < 4.78 is 0. The van der Waals surface area contributed by atoms with Crippen LogP contribution in [0.5, 0.6) is 0 Å². The van der Waals surface area contributed by atoms with Crippen molar-refractivity contribution >= 4 is 0 Å². The molecule has 78 valence electrons. The van der Waals surface area contributed by atoms with Crippen LogP contribution in [0.2, 0.25) is 0 Å². The van der Waals surface area contributed by atoms with E-state index in [0.717, 1.165) is 18.5 Å². The third-order valence-corrected chi connectivity index (χ3v) is 3.04. The first-order valence-corrected chi connectivity index (χ1v) is 5.62. The summed E-state index contributed by atoms with van der Waals surface area (Å²) in [6.07, 6.45) is 4.22. The smallest absolute Gasteiger partial charge is 0.00670 e. The Morgan fingerprint density at radius 1 is 1.46 bits per heavy atom. The highest BCUT2D eigenvalue weighted by molar-refractivity contribution is 4.74. The molecule has 1 aliphatic heterocycles. The van der Waals surface area contributed by atoms with Gasteiger partial charge in [0.1, 0.15) is 0 Å². The van der Waals surface area contributed by atoms with E-state index in [1.807, 2.05) is 7.05 Å². The molecular weight excluding hydrogens is 160 g/mol. The second-order valence-electron chi connectivity index (χ2n) is 4.50. The second kappa shape index (κ2) is 5.61. The van der Waals surface area contributed by atoms with Crippen molar-refractivity contribution in [3.05, 3.63) is 0 Å². The zero-order valence-corrected chi connectivity index (χ0v) is 9.34. The van der Waals surface area contributed by atoms with E-state index in [1.165, 1.54) is 32.4 Å². The molecule has 2 nitrogen and oxygen atoms in total. The lowest BCUT2D eigenvalue weighted by molar-refractivity contribution is 0.140. The lowest BCUT2D eigenvalue weighted by Crippen LogP contribution is -2.41. The first-order chi connectivity index (χ1) is 6.24. The number of likely N-dealkylation sites (tertiary alicyclic amines) is 1. The molecule has 1 heterocycles. The van der Waals surface area contributed by atoms with Crippen LogP contribution in [0, 0.1) is 5.92 Å². The van der Waals surface area contributed by atoms with Gasteiger partial charge in [-0.25, -0.2) is 0 Å². The van der Waals surface area contributed by atoms with Crippen LogP contribution >= 0.6 is 0 Å². The Morgan fingerprint density at radius 2 is 2.23 bits per heavy atom. The van der Waals surface area contributed by atoms with Crippen LogP contribution in [0.4, 0.5) is 0 Å². The molecule has 1 rings (SSSR count). The van der Waals surface area contributed by atoms with Crippen LogP contribution in [0.25, 0.3) is 0 Å². The highest BCUT2D eigenvalue weighted by Crippen LogP contribution is 2.17. The molecule has 0 aromatic carbocycles. The van der Waals surface area contributed by atoms with Crippen molar-refractivity contribution in [3.8, 4) is 0 Å². The molecule has 0 aromatic heterocycles. The van der Waals surface area contributed by atoms with Crippen LogP contribution in [0.1, 0.15) is 33.1 Å². The molecule has 2 atom stereocenters. The van der Waals surface area contributed by atoms with E-state index in [4.69, 9.17) is 0 Å². The van der Waals surface area contributed by atoms with E-state index in [9.17, 15) is 0 Å². The van der Waals surface area contributed by atoms with Gasteiger partial charge in [-0.1, -0.05) is 13.3 Å². The lowest BCUT2D eigenvalue weighted by atomic mass is 10.0. The monoisotopic (exact) mass is 184 g/mol. The first kappa shape index (κ1) is 11.0. The van der Waals surface area contributed by atoms with Gasteiger partial charge < -0.3 is 10.2 Å². The summed E-state index contributed by atoms with van der Waals surface area (Å²) in [5.41, 5.74) is 0. The maximum absolute atomic E-state index is 3.25. The molecular formula is C11H24N2. The molecule has 0 amide bonds. The number of rotatable bonds is 4. The summed E-state index contributed by atoms with van der Waals surface area (Å²) in [7, 11) is 2.04. The number of piperidine rings is 1. The van der Waals surface area contributed by atoms with Gasteiger partial charge in [0.05, 0.1) is 0 Å². The normalized spacial score (nSPS) is 27.5. The Morgan fingerprint density at radius 3 is 2.85 bits per heavy atom. The molecule has 1 N–H and O–H groups in total. The standard InChI is InChI=1S/C11H24N2/c1-10(8-12-3)9-13-7-5-4-6-11(13)2/h10-12H,4-9H2,1-3H3. The number of hydrogen-bond donors (Lipinski definition) is 1. The van der Waals surface area contributed by atoms with Crippen LogP contribution < -0.4 is 5.32 Å². The first-order valence-electron chi connectivity index (χ1n) is 5.62. The van der Waals surface area contributed by atoms with Gasteiger partial charge in [0, 0.05) is 12.6 Å². The van der Waals surface area contributed by atoms with Crippen molar-refractivity contribution in [2.45, 2.75) is 39.2 Å². The minimum absolute atomic E-state index is 0.783. The molecule has 13 heavy (non-hydrogen) atoms. The summed E-state index contributed by atoms with van der Waals surface area (Å²) in [4.78, 5) is 2.64. The van der Waals surface area contributed by atoms with Gasteiger partial charge in [-0.15, -0.1) is 0 Å². The molecule has 0 aliphatic carbocycles. The lowest BCUT2D eigenvalue weighted by Gasteiger charge is -2.35. The minimum Gasteiger partial charge on any atom is -0.319 e. The zero-order chi connectivity index (χ0) is 9.68. The Bertz CT molecular complexity index is 136. The van der Waals surface area contributed by atoms with Crippen molar-refractivity contribution in [1.82, 2.24) is 10.2 Å². The largest absolute Gasteiger partial charge is 0.319 e. The van der Waals surface area contributed by atoms with Gasteiger partial charge in [-0.05, 0) is 45.8 Å². The fourth-order valence-electron chi connectivity index (χ4n) is 2.24. The van der Waals surface area contributed by atoms with E-state index in [0.29, 0.717) is 0 Å². The summed E-state index contributed by atoms with van der Waals surface area (Å²) in [5.74, 6) is 0.783. The number of nitrogens with zero attached hydrogens (tertiary/aromatic N) is 1. The summed E-state index contributed by atoms with van der Waals surface area (Å²) in [6.45, 7) is 8.42. The Kier molecular flexibility index (Phi) is 4.74. The number of nitrogens with one attached hydrogen (secondary N) is 1. The maximum atomic E-state index is 3.25. The summed E-state index contributed by atoms with van der Waals surface area (Å²) in [6, 6.07) is 0.813. The van der Waals surface area contributed by atoms with Crippen molar-refractivity contribution in [2.75, 3.05) is 26.7 Å². The van der Waals surface area contributed by atoms with E-state index in [2.05, 4.69) is 24.1 Å². The summed E-state index contributed by atoms with van der Waals surface area (Å²) >= 11 is 0. The van der Waals surface area contributed by atoms with Crippen LogP contribution in [-0.2, 0) is 0 Å². The topological polar surface area (TPSA) is 15.3 Å². The predicted octanol–water partition coefficient (Wildman–Crippen LogP) is 1.72. The van der Waals surface area contributed by atoms with Gasteiger partial charge >= 0.3 is 0 Å². The maximum Gasteiger partial charge on any atom is 0.00670 e. The quantitative estimate of drug-likeness (QED) is 0.715. The molecule has 1 saturated heterocycles. The molecule has 2 unspecified atom stereocenters. The second-order valence-corrected chi connectivity index (χ2v) is 4.50. The van der Waals surface area contributed by atoms with Gasteiger partial charge in [-0.2, -0.15) is 0 Å². The van der Waals surface area contributed by atoms with Crippen LogP contribution in [0.3, 0.4) is 0 Å². The van der Waals surface area contributed by atoms with Gasteiger partial charge in [-0.3, -0.25) is 0 Å². The van der Waals surface area contributed by atoms with Crippen molar-refractivity contribution in [2.24, 2.45) is 5.92 Å². The molecule has 0 radical (unpaired) electrons. The van der Waals surface area contributed by atoms with Gasteiger partial charge in [0.25, 0.3) is 0 Å². The van der Waals surface area contributed by atoms with E-state index in [1.54, 1.807) is 0 Å². The third kappa shape index (κ3) is 3.65. The average Bonchev–Trinajstić information content (AvgIpc) is 2.09. The Hall–Kier alpha value is -0.0800. The van der Waals surface area contributed by atoms with Crippen molar-refractivity contribution in [3.63, 3.8) is 0 Å². The van der Waals surface area contributed by atoms with E-state index in [-0.39, 0.29) is 0 Å². The Labute approximate surface area is 82.7 Å². The fraction of sp³-hybridized carbons (Fsp3) is 1.00. The van der Waals surface area contributed by atoms with Crippen molar-refractivity contribution in [1.29, 1.82) is 0 Å². The summed E-state index contributed by atoms with van der Waals surface area (Å²) in [5, 5.41) is 3.25. The molecule has 0 bridgehead atoms. The van der Waals surface area contributed by atoms with Crippen LogP contribution in [-0.4, -0.2) is 37.6 Å². The fourth-order valence-corrected chi connectivity index (χ4v) is 2.24. The predicted molar refractivity (Wildman–Crippen MR) is 58.0 cm³/mol. The molecule has 1 aliphatic rings. The molecule has 0 spiro atoms. The van der Waals surface area contributed by atoms with Gasteiger partial charge in [0.2, 0.25) is 0 Å². The highest BCUT2D eigenvalue weighted by atomic mass is 15.2. The minimum atomic E-state index is 0.783. The van der Waals surface area contributed by atoms with Crippen LogP contribution in [0.15, 0.2) is 0 Å². The number of hydrogen-bond acceptors (Lipinski definition) is 2. The van der Waals surface area contributed by atoms with Gasteiger partial charge in [0.15, 0.2) is 0 Å². The highest BCUT2D eigenvalue weighted by Gasteiger charge is 2.19. The SMILES string of the molecule is CNCC(C)CN1CCCCC1C.